The highest BCUT2D eigenvalue weighted by Crippen LogP contribution is 2.19. The third-order valence-electron chi connectivity index (χ3n) is 2.42. The van der Waals surface area contributed by atoms with E-state index in [-0.39, 0.29) is 19.1 Å². The van der Waals surface area contributed by atoms with Crippen LogP contribution < -0.4 is 10.6 Å². The summed E-state index contributed by atoms with van der Waals surface area (Å²) in [5.41, 5.74) is 1.68. The van der Waals surface area contributed by atoms with Crippen LogP contribution in [0.4, 0.5) is 5.69 Å². The summed E-state index contributed by atoms with van der Waals surface area (Å²) < 4.78 is 5.06. The van der Waals surface area contributed by atoms with Crippen LogP contribution in [0.1, 0.15) is 5.56 Å². The first-order chi connectivity index (χ1) is 9.13. The number of amides is 1. The van der Waals surface area contributed by atoms with Gasteiger partial charge in [-0.3, -0.25) is 4.79 Å². The van der Waals surface area contributed by atoms with Crippen LogP contribution in [0.15, 0.2) is 18.2 Å². The average molecular weight is 287 g/mol. The summed E-state index contributed by atoms with van der Waals surface area (Å²) in [6, 6.07) is 5.36. The molecule has 0 aliphatic heterocycles. The Morgan fingerprint density at radius 2 is 2.21 bits per heavy atom. The van der Waals surface area contributed by atoms with E-state index < -0.39 is 0 Å². The van der Waals surface area contributed by atoms with Gasteiger partial charge in [-0.25, -0.2) is 0 Å². The number of ether oxygens (including phenoxy) is 1. The van der Waals surface area contributed by atoms with Crippen molar-refractivity contribution in [3.05, 3.63) is 28.8 Å². The van der Waals surface area contributed by atoms with E-state index in [1.54, 1.807) is 12.1 Å². The van der Waals surface area contributed by atoms with Crippen LogP contribution in [0.25, 0.3) is 0 Å². The summed E-state index contributed by atoms with van der Waals surface area (Å²) in [5.74, 6) is -0.132. The molecule has 5 nitrogen and oxygen atoms in total. The summed E-state index contributed by atoms with van der Waals surface area (Å²) >= 11 is 5.87. The van der Waals surface area contributed by atoms with Gasteiger partial charge in [0.05, 0.1) is 26.4 Å². The molecule has 0 aromatic heterocycles. The van der Waals surface area contributed by atoms with Gasteiger partial charge in [-0.05, 0) is 24.6 Å². The number of aryl methyl sites for hydroxylation is 1. The maximum absolute atomic E-state index is 11.7. The molecule has 0 aliphatic carbocycles. The number of aliphatic hydroxyl groups excluding tert-OH is 1. The lowest BCUT2D eigenvalue weighted by atomic mass is 10.2. The summed E-state index contributed by atoms with van der Waals surface area (Å²) in [4.78, 5) is 11.7. The fourth-order valence-electron chi connectivity index (χ4n) is 1.44. The van der Waals surface area contributed by atoms with Gasteiger partial charge >= 0.3 is 0 Å². The fraction of sp³-hybridized carbons (Fsp3) is 0.462. The summed E-state index contributed by atoms with van der Waals surface area (Å²) in [5, 5.41) is 14.8. The quantitative estimate of drug-likeness (QED) is 0.628. The minimum atomic E-state index is -0.132. The Kier molecular flexibility index (Phi) is 7.43. The van der Waals surface area contributed by atoms with Crippen molar-refractivity contribution in [2.45, 2.75) is 6.92 Å². The van der Waals surface area contributed by atoms with E-state index >= 15 is 0 Å². The molecule has 0 unspecified atom stereocenters. The van der Waals surface area contributed by atoms with Gasteiger partial charge in [0.2, 0.25) is 5.91 Å². The molecule has 0 bridgehead atoms. The van der Waals surface area contributed by atoms with E-state index in [1.807, 2.05) is 13.0 Å². The molecule has 0 heterocycles. The largest absolute Gasteiger partial charge is 0.394 e. The topological polar surface area (TPSA) is 70.6 Å². The smallest absolute Gasteiger partial charge is 0.238 e. The molecule has 1 amide bonds. The van der Waals surface area contributed by atoms with Crippen molar-refractivity contribution in [2.24, 2.45) is 0 Å². The molecule has 1 aromatic carbocycles. The molecule has 0 fully saturated rings. The van der Waals surface area contributed by atoms with Gasteiger partial charge in [0, 0.05) is 17.3 Å². The third kappa shape index (κ3) is 6.54. The zero-order valence-electron chi connectivity index (χ0n) is 10.9. The van der Waals surface area contributed by atoms with Crippen molar-refractivity contribution in [2.75, 3.05) is 38.2 Å². The molecule has 6 heteroatoms. The van der Waals surface area contributed by atoms with Gasteiger partial charge in [-0.2, -0.15) is 0 Å². The lowest BCUT2D eigenvalue weighted by Gasteiger charge is -2.09. The number of hydrogen-bond donors (Lipinski definition) is 3. The molecule has 0 aliphatic rings. The molecule has 1 aromatic rings. The lowest BCUT2D eigenvalue weighted by Crippen LogP contribution is -2.30. The van der Waals surface area contributed by atoms with Crippen LogP contribution in [-0.2, 0) is 9.53 Å². The Labute approximate surface area is 117 Å². The minimum Gasteiger partial charge on any atom is -0.394 e. The molecular formula is C13H19ClN2O3. The van der Waals surface area contributed by atoms with E-state index in [0.717, 1.165) is 11.3 Å². The Morgan fingerprint density at radius 3 is 2.95 bits per heavy atom. The zero-order chi connectivity index (χ0) is 14.1. The molecule has 0 saturated carbocycles. The van der Waals surface area contributed by atoms with Crippen LogP contribution in [-0.4, -0.2) is 43.9 Å². The van der Waals surface area contributed by atoms with Crippen molar-refractivity contribution in [3.8, 4) is 0 Å². The second-order valence-electron chi connectivity index (χ2n) is 4.02. The van der Waals surface area contributed by atoms with E-state index in [9.17, 15) is 4.79 Å². The van der Waals surface area contributed by atoms with Crippen molar-refractivity contribution < 1.29 is 14.6 Å². The second kappa shape index (κ2) is 8.87. The predicted molar refractivity (Wildman–Crippen MR) is 75.6 cm³/mol. The number of nitrogens with one attached hydrogen (secondary N) is 2. The van der Waals surface area contributed by atoms with Gasteiger partial charge in [0.1, 0.15) is 0 Å². The summed E-state index contributed by atoms with van der Waals surface area (Å²) in [7, 11) is 0. The predicted octanol–water partition coefficient (Wildman–Crippen LogP) is 1.19. The highest BCUT2D eigenvalue weighted by Gasteiger charge is 2.04. The van der Waals surface area contributed by atoms with E-state index in [4.69, 9.17) is 21.4 Å². The van der Waals surface area contributed by atoms with Crippen molar-refractivity contribution in [1.29, 1.82) is 0 Å². The molecular weight excluding hydrogens is 268 g/mol. The van der Waals surface area contributed by atoms with E-state index in [2.05, 4.69) is 10.6 Å². The average Bonchev–Trinajstić information content (AvgIpc) is 2.38. The Hall–Kier alpha value is -1.14. The Balaban J connectivity index is 2.25. The van der Waals surface area contributed by atoms with Crippen molar-refractivity contribution in [1.82, 2.24) is 5.32 Å². The normalized spacial score (nSPS) is 10.5. The number of halogens is 1. The number of aliphatic hydroxyl groups is 1. The number of rotatable bonds is 8. The Morgan fingerprint density at radius 1 is 1.42 bits per heavy atom. The maximum Gasteiger partial charge on any atom is 0.238 e. The number of benzene rings is 1. The highest BCUT2D eigenvalue weighted by molar-refractivity contribution is 6.31. The van der Waals surface area contributed by atoms with Crippen molar-refractivity contribution in [3.63, 3.8) is 0 Å². The van der Waals surface area contributed by atoms with Crippen LogP contribution >= 0.6 is 11.6 Å². The molecule has 0 radical (unpaired) electrons. The SMILES string of the molecule is Cc1ccc(Cl)cc1NC(=O)CNCCOCCO. The van der Waals surface area contributed by atoms with Gasteiger partial charge in [-0.1, -0.05) is 17.7 Å². The molecule has 19 heavy (non-hydrogen) atoms. The fourth-order valence-corrected chi connectivity index (χ4v) is 1.61. The first-order valence-electron chi connectivity index (χ1n) is 6.09. The highest BCUT2D eigenvalue weighted by atomic mass is 35.5. The van der Waals surface area contributed by atoms with Crippen LogP contribution in [0.2, 0.25) is 5.02 Å². The second-order valence-corrected chi connectivity index (χ2v) is 4.46. The van der Waals surface area contributed by atoms with Gasteiger partial charge in [0.15, 0.2) is 0 Å². The van der Waals surface area contributed by atoms with Gasteiger partial charge < -0.3 is 20.5 Å². The lowest BCUT2D eigenvalue weighted by molar-refractivity contribution is -0.115. The molecule has 106 valence electrons. The van der Waals surface area contributed by atoms with Gasteiger partial charge in [-0.15, -0.1) is 0 Å². The Bertz CT molecular complexity index is 413. The zero-order valence-corrected chi connectivity index (χ0v) is 11.7. The standard InChI is InChI=1S/C13H19ClN2O3/c1-10-2-3-11(14)8-12(10)16-13(18)9-15-4-6-19-7-5-17/h2-3,8,15,17H,4-7,9H2,1H3,(H,16,18). The molecule has 3 N–H and O–H groups in total. The van der Waals surface area contributed by atoms with Crippen molar-refractivity contribution >= 4 is 23.2 Å². The summed E-state index contributed by atoms with van der Waals surface area (Å²) in [6.45, 7) is 3.45. The third-order valence-corrected chi connectivity index (χ3v) is 2.65. The van der Waals surface area contributed by atoms with E-state index in [1.165, 1.54) is 0 Å². The van der Waals surface area contributed by atoms with E-state index in [0.29, 0.717) is 24.8 Å². The van der Waals surface area contributed by atoms with Gasteiger partial charge in [0.25, 0.3) is 0 Å². The van der Waals surface area contributed by atoms with Crippen LogP contribution in [0.3, 0.4) is 0 Å². The summed E-state index contributed by atoms with van der Waals surface area (Å²) in [6.07, 6.45) is 0. The monoisotopic (exact) mass is 286 g/mol. The first kappa shape index (κ1) is 15.9. The van der Waals surface area contributed by atoms with Crippen LogP contribution in [0, 0.1) is 6.92 Å². The minimum absolute atomic E-state index is 0.00846. The molecule has 0 spiro atoms. The molecule has 0 atom stereocenters. The number of carbonyl (C=O) groups excluding carboxylic acids is 1. The maximum atomic E-state index is 11.7. The number of hydrogen-bond acceptors (Lipinski definition) is 4. The first-order valence-corrected chi connectivity index (χ1v) is 6.46. The van der Waals surface area contributed by atoms with Crippen LogP contribution in [0.5, 0.6) is 0 Å². The number of anilines is 1. The molecule has 0 saturated heterocycles. The number of carbonyl (C=O) groups is 1. The molecule has 1 rings (SSSR count).